The zero-order valence-corrected chi connectivity index (χ0v) is 79.7. The van der Waals surface area contributed by atoms with E-state index in [1.165, 1.54) is 287 Å². The van der Waals surface area contributed by atoms with Crippen molar-refractivity contribution in [1.82, 2.24) is 80.4 Å². The Bertz CT molecular complexity index is 5410. The van der Waals surface area contributed by atoms with Gasteiger partial charge >= 0.3 is 0 Å². The molecule has 8 saturated heterocycles. The van der Waals surface area contributed by atoms with Crippen molar-refractivity contribution in [2.75, 3.05) is 244 Å². The normalized spacial score (nSPS) is 19.8. The summed E-state index contributed by atoms with van der Waals surface area (Å²) in [5, 5.41) is 20.4. The molecule has 9 aliphatic rings. The maximum absolute atomic E-state index is 12.4. The van der Waals surface area contributed by atoms with E-state index in [9.17, 15) is 4.79 Å². The lowest BCUT2D eigenvalue weighted by atomic mass is 9.79. The molecule has 9 fully saturated rings. The van der Waals surface area contributed by atoms with Crippen LogP contribution in [-0.2, 0) is 4.79 Å². The number of aromatic amines is 4. The van der Waals surface area contributed by atoms with Crippen molar-refractivity contribution in [1.29, 1.82) is 0 Å². The van der Waals surface area contributed by atoms with Crippen LogP contribution in [0.2, 0.25) is 0 Å². The van der Waals surface area contributed by atoms with Gasteiger partial charge in [0, 0.05) is 309 Å². The van der Waals surface area contributed by atoms with E-state index in [2.05, 4.69) is 342 Å². The number of carbonyl (C=O) groups is 1. The molecule has 132 heavy (non-hydrogen) atoms. The Balaban J connectivity index is 0.000000118. The van der Waals surface area contributed by atoms with Gasteiger partial charge in [-0.05, 0) is 231 Å². The van der Waals surface area contributed by atoms with E-state index >= 15 is 0 Å². The van der Waals surface area contributed by atoms with Gasteiger partial charge in [0.1, 0.15) is 0 Å². The molecule has 0 bridgehead atoms. The molecule has 0 spiro atoms. The average molecular weight is 1780 g/mol. The summed E-state index contributed by atoms with van der Waals surface area (Å²) in [7, 11) is 8.84. The molecule has 21 nitrogen and oxygen atoms in total. The fraction of sp³-hybridized carbons (Fsp3) is 0.486. The fourth-order valence-corrected chi connectivity index (χ4v) is 22.0. The number of para-hydroxylation sites is 4. The van der Waals surface area contributed by atoms with Crippen molar-refractivity contribution in [2.24, 2.45) is 0 Å². The lowest BCUT2D eigenvalue weighted by molar-refractivity contribution is -0.132. The third-order valence-corrected chi connectivity index (χ3v) is 30.6. The van der Waals surface area contributed by atoms with Crippen molar-refractivity contribution >= 4 is 72.3 Å². The zero-order chi connectivity index (χ0) is 89.8. The summed E-state index contributed by atoms with van der Waals surface area (Å²) in [6, 6.07) is 81.4. The van der Waals surface area contributed by atoms with Crippen molar-refractivity contribution in [3.63, 3.8) is 0 Å². The van der Waals surface area contributed by atoms with E-state index in [1.807, 2.05) is 4.90 Å². The van der Waals surface area contributed by atoms with E-state index in [1.54, 1.807) is 0 Å². The SMILES string of the molecule is CN1CCN(C(=O)CCNC2CCN(c3cccc(-c4cc5ccccc5[nH]4)c3)CC2)CC1.CN1CCN(C2(CNC3CCN(c4cccc(-c5cc6ccccc6[nH]5)c4)CC3)CCCCC2)CC1.CN1CCN(CCCNC2CCN(c3cccc(-c4cc5ccccc5[nH]4)c3)CC2)CC1.CN1CCN(CCNC2CCN(c3cccc(-c4cc5ccccc5[nH]4)c3)CC2)CC1. The number of nitrogens with one attached hydrogen (secondary N) is 8. The van der Waals surface area contributed by atoms with Gasteiger partial charge in [-0.15, -0.1) is 0 Å². The minimum absolute atomic E-state index is 0.293. The third kappa shape index (κ3) is 24.6. The molecule has 1 aliphatic carbocycles. The number of H-pyrrole nitrogens is 4. The molecular formula is C111H150N20O. The maximum atomic E-state index is 12.4. The predicted molar refractivity (Wildman–Crippen MR) is 554 cm³/mol. The number of nitrogens with zero attached hydrogens (tertiary/aromatic N) is 12. The molecular weight excluding hydrogens is 1630 g/mol. The molecule has 21 rings (SSSR count). The first-order chi connectivity index (χ1) is 64.8. The Morgan fingerprint density at radius 2 is 0.621 bits per heavy atom. The summed E-state index contributed by atoms with van der Waals surface area (Å²) >= 11 is 0. The molecule has 0 radical (unpaired) electrons. The van der Waals surface area contributed by atoms with E-state index in [-0.39, 0.29) is 0 Å². The lowest BCUT2D eigenvalue weighted by Gasteiger charge is -2.50. The van der Waals surface area contributed by atoms with Gasteiger partial charge in [0.15, 0.2) is 0 Å². The highest BCUT2D eigenvalue weighted by Gasteiger charge is 2.40. The number of hydrogen-bond acceptors (Lipinski definition) is 16. The molecule has 4 aromatic heterocycles. The van der Waals surface area contributed by atoms with Gasteiger partial charge in [0.2, 0.25) is 5.91 Å². The summed E-state index contributed by atoms with van der Waals surface area (Å²) < 4.78 is 0. The first-order valence-electron chi connectivity index (χ1n) is 50.7. The second-order valence-electron chi connectivity index (χ2n) is 39.7. The number of likely N-dealkylation sites (N-methyl/N-ethyl adjacent to an activating group) is 4. The van der Waals surface area contributed by atoms with Crippen LogP contribution in [-0.4, -0.2) is 319 Å². The van der Waals surface area contributed by atoms with Crippen molar-refractivity contribution < 1.29 is 4.79 Å². The molecule has 0 unspecified atom stereocenters. The highest BCUT2D eigenvalue weighted by Crippen LogP contribution is 2.38. The molecule has 8 aromatic carbocycles. The van der Waals surface area contributed by atoms with Crippen LogP contribution in [0.5, 0.6) is 0 Å². The van der Waals surface area contributed by atoms with E-state index < -0.39 is 0 Å². The summed E-state index contributed by atoms with van der Waals surface area (Å²) in [5.74, 6) is 0.293. The Morgan fingerprint density at radius 1 is 0.311 bits per heavy atom. The van der Waals surface area contributed by atoms with Crippen LogP contribution < -0.4 is 40.9 Å². The maximum Gasteiger partial charge on any atom is 0.223 e. The average Bonchev–Trinajstić information content (AvgIpc) is 1.11. The fourth-order valence-electron chi connectivity index (χ4n) is 22.0. The highest BCUT2D eigenvalue weighted by atomic mass is 16.2. The van der Waals surface area contributed by atoms with Gasteiger partial charge < -0.3 is 90.2 Å². The molecule has 8 N–H and O–H groups in total. The second-order valence-corrected chi connectivity index (χ2v) is 39.7. The molecule has 21 heteroatoms. The number of hydrogen-bond donors (Lipinski definition) is 8. The van der Waals surface area contributed by atoms with Gasteiger partial charge in [-0.25, -0.2) is 0 Å². The molecule has 0 atom stereocenters. The van der Waals surface area contributed by atoms with Gasteiger partial charge in [0.25, 0.3) is 0 Å². The Morgan fingerprint density at radius 3 is 0.977 bits per heavy atom. The van der Waals surface area contributed by atoms with Gasteiger partial charge in [-0.2, -0.15) is 0 Å². The smallest absolute Gasteiger partial charge is 0.223 e. The quantitative estimate of drug-likeness (QED) is 0.0254. The van der Waals surface area contributed by atoms with Crippen LogP contribution in [0.4, 0.5) is 22.7 Å². The number of anilines is 4. The topological polar surface area (TPSA) is 167 Å². The summed E-state index contributed by atoms with van der Waals surface area (Å²) in [5.41, 5.74) is 20.3. The van der Waals surface area contributed by atoms with Crippen LogP contribution in [0.3, 0.4) is 0 Å². The van der Waals surface area contributed by atoms with Crippen molar-refractivity contribution in [3.8, 4) is 45.0 Å². The van der Waals surface area contributed by atoms with Crippen molar-refractivity contribution in [2.45, 2.75) is 126 Å². The molecule has 1 amide bonds. The highest BCUT2D eigenvalue weighted by molar-refractivity contribution is 5.90. The number of carbonyl (C=O) groups excluding carboxylic acids is 1. The Kier molecular flexibility index (Phi) is 31.9. The molecule has 12 heterocycles. The standard InChI is InChI=1S/C31H43N5.C27H35N5O.C27H37N5.C26H35N5/c1-34-18-20-36(21-19-34)31(14-5-2-6-15-31)24-32-27-12-16-35(17-13-27)28-10-7-9-25(22-28)30-23-26-8-3-4-11-29(26)33-30;1-30-15-17-32(18-16-30)27(33)9-12-28-23-10-13-31(14-11-23)24-7-4-6-21(19-24)26-20-22-5-2-3-8-25(22)29-26;1-30-16-18-31(19-17-30)13-5-12-28-24-10-14-32(15-11-24)25-8-4-7-22(20-25)27-21-23-6-2-3-9-26(23)29-27;1-29-15-17-30(18-16-29)14-11-27-23-9-12-31(13-10-23)24-7-4-6-21(19-24)26-20-22-5-2-3-8-25(22)28-26/h3-4,7-11,22-23,27,32-33H,2,5-6,12-21,24H2,1H3;2-8,19-20,23,28-29H,9-18H2,1H3;2-4,6-9,20-21,24,28-29H,5,10-19H2,1H3;2-8,19-20,23,27-28H,9-18H2,1H3. The number of amides is 1. The predicted octanol–water partition coefficient (Wildman–Crippen LogP) is 16.6. The van der Waals surface area contributed by atoms with Crippen molar-refractivity contribution in [3.05, 3.63) is 218 Å². The van der Waals surface area contributed by atoms with E-state index in [0.29, 0.717) is 42.0 Å². The number of piperazine rings is 4. The number of piperidine rings is 4. The van der Waals surface area contributed by atoms with Gasteiger partial charge in [-0.3, -0.25) is 14.6 Å². The van der Waals surface area contributed by atoms with Crippen LogP contribution in [0.25, 0.3) is 88.6 Å². The first kappa shape index (κ1) is 92.6. The van der Waals surface area contributed by atoms with E-state index in [0.717, 1.165) is 111 Å². The lowest BCUT2D eigenvalue weighted by Crippen LogP contribution is -2.62. The van der Waals surface area contributed by atoms with Crippen LogP contribution in [0.15, 0.2) is 218 Å². The molecule has 700 valence electrons. The minimum Gasteiger partial charge on any atom is -0.371 e. The van der Waals surface area contributed by atoms with Crippen LogP contribution >= 0.6 is 0 Å². The monoisotopic (exact) mass is 1780 g/mol. The van der Waals surface area contributed by atoms with E-state index in [4.69, 9.17) is 0 Å². The zero-order valence-electron chi connectivity index (χ0n) is 79.7. The summed E-state index contributed by atoms with van der Waals surface area (Å²) in [4.78, 5) is 56.6. The number of fused-ring (bicyclic) bond motifs is 4. The minimum atomic E-state index is 0.293. The van der Waals surface area contributed by atoms with Gasteiger partial charge in [0.05, 0.1) is 0 Å². The van der Waals surface area contributed by atoms with Crippen LogP contribution in [0, 0.1) is 0 Å². The van der Waals surface area contributed by atoms with Gasteiger partial charge in [-0.1, -0.05) is 141 Å². The molecule has 1 saturated carbocycles. The second kappa shape index (κ2) is 45.5. The Hall–Kier alpha value is -9.85. The summed E-state index contributed by atoms with van der Waals surface area (Å²) in [6.45, 7) is 33.9. The first-order valence-corrected chi connectivity index (χ1v) is 50.7. The summed E-state index contributed by atoms with van der Waals surface area (Å²) in [6.07, 6.45) is 18.4. The number of benzene rings is 8. The Labute approximate surface area is 786 Å². The van der Waals surface area contributed by atoms with Crippen LogP contribution in [0.1, 0.15) is 96.3 Å². The molecule has 8 aliphatic heterocycles. The number of rotatable bonds is 25. The number of aromatic nitrogens is 4. The molecule has 12 aromatic rings. The largest absolute Gasteiger partial charge is 0.371 e. The third-order valence-electron chi connectivity index (χ3n) is 30.6.